The van der Waals surface area contributed by atoms with Gasteiger partial charge in [0.1, 0.15) is 0 Å². The van der Waals surface area contributed by atoms with Crippen LogP contribution in [0, 0.1) is 0 Å². The van der Waals surface area contributed by atoms with Crippen LogP contribution in [0.5, 0.6) is 0 Å². The number of amides is 1. The van der Waals surface area contributed by atoms with Crippen LogP contribution in [0.25, 0.3) is 22.0 Å². The molecule has 0 saturated carbocycles. The fourth-order valence-corrected chi connectivity index (χ4v) is 4.28. The zero-order valence-corrected chi connectivity index (χ0v) is 21.0. The van der Waals surface area contributed by atoms with Gasteiger partial charge in [-0.15, -0.1) is 0 Å². The minimum atomic E-state index is -0.934. The summed E-state index contributed by atoms with van der Waals surface area (Å²) in [6.07, 6.45) is 2.03. The maximum absolute atomic E-state index is 12.7. The van der Waals surface area contributed by atoms with Gasteiger partial charge in [-0.3, -0.25) is 4.79 Å². The summed E-state index contributed by atoms with van der Waals surface area (Å²) in [6, 6.07) is 32.7. The summed E-state index contributed by atoms with van der Waals surface area (Å²) in [4.78, 5) is 23.9. The van der Waals surface area contributed by atoms with Crippen molar-refractivity contribution in [3.63, 3.8) is 0 Å². The fraction of sp³-hybridized carbons (Fsp3) is 0.125. The number of carboxylic acid groups (broad SMARTS) is 1. The second kappa shape index (κ2) is 11.9. The van der Waals surface area contributed by atoms with E-state index in [4.69, 9.17) is 0 Å². The summed E-state index contributed by atoms with van der Waals surface area (Å²) >= 11 is 0. The summed E-state index contributed by atoms with van der Waals surface area (Å²) in [6.45, 7) is 5.14. The number of carboxylic acids is 1. The molecular formula is C32H30N2O3. The van der Waals surface area contributed by atoms with Gasteiger partial charge in [-0.1, -0.05) is 80.6 Å². The Balaban J connectivity index is 0.00000156. The van der Waals surface area contributed by atoms with Crippen molar-refractivity contribution in [1.82, 2.24) is 9.88 Å². The van der Waals surface area contributed by atoms with Crippen LogP contribution in [0.3, 0.4) is 0 Å². The first-order chi connectivity index (χ1) is 18.1. The summed E-state index contributed by atoms with van der Waals surface area (Å²) in [5.74, 6) is -1.03. The molecule has 5 nitrogen and oxygen atoms in total. The summed E-state index contributed by atoms with van der Waals surface area (Å²) in [5.41, 5.74) is 6.15. The van der Waals surface area contributed by atoms with Crippen molar-refractivity contribution in [2.45, 2.75) is 26.9 Å². The number of hydrogen-bond donors (Lipinski definition) is 2. The lowest BCUT2D eigenvalue weighted by Crippen LogP contribution is -2.22. The molecule has 2 N–H and O–H groups in total. The quantitative estimate of drug-likeness (QED) is 0.258. The Morgan fingerprint density at radius 3 is 2.19 bits per heavy atom. The highest BCUT2D eigenvalue weighted by atomic mass is 16.4. The van der Waals surface area contributed by atoms with E-state index in [9.17, 15) is 14.7 Å². The van der Waals surface area contributed by atoms with Gasteiger partial charge in [0.15, 0.2) is 0 Å². The van der Waals surface area contributed by atoms with Gasteiger partial charge >= 0.3 is 5.97 Å². The smallest absolute Gasteiger partial charge is 0.335 e. The minimum Gasteiger partial charge on any atom is -0.478 e. The Labute approximate surface area is 217 Å². The van der Waals surface area contributed by atoms with Crippen molar-refractivity contribution in [2.24, 2.45) is 0 Å². The van der Waals surface area contributed by atoms with Gasteiger partial charge < -0.3 is 15.0 Å². The maximum atomic E-state index is 12.7. The molecule has 4 aromatic carbocycles. The van der Waals surface area contributed by atoms with Gasteiger partial charge in [0.2, 0.25) is 0 Å². The van der Waals surface area contributed by atoms with E-state index in [1.54, 1.807) is 12.1 Å². The third-order valence-corrected chi connectivity index (χ3v) is 6.13. The van der Waals surface area contributed by atoms with E-state index in [-0.39, 0.29) is 11.5 Å². The number of hydrogen-bond acceptors (Lipinski definition) is 2. The number of carbonyl (C=O) groups is 2. The normalized spacial score (nSPS) is 10.4. The van der Waals surface area contributed by atoms with Gasteiger partial charge in [-0.25, -0.2) is 4.79 Å². The molecular weight excluding hydrogens is 460 g/mol. The maximum Gasteiger partial charge on any atom is 0.335 e. The lowest BCUT2D eigenvalue weighted by molar-refractivity contribution is 0.0696. The molecule has 0 bridgehead atoms. The van der Waals surface area contributed by atoms with Crippen LogP contribution >= 0.6 is 0 Å². The van der Waals surface area contributed by atoms with Gasteiger partial charge in [0.25, 0.3) is 5.91 Å². The average Bonchev–Trinajstić information content (AvgIpc) is 3.35. The molecule has 0 aliphatic rings. The predicted molar refractivity (Wildman–Crippen MR) is 149 cm³/mol. The number of benzene rings is 4. The molecule has 186 valence electrons. The molecule has 0 spiro atoms. The lowest BCUT2D eigenvalue weighted by atomic mass is 9.98. The first-order valence-corrected chi connectivity index (χ1v) is 12.4. The molecule has 5 aromatic rings. The number of fused-ring (bicyclic) bond motifs is 1. The van der Waals surface area contributed by atoms with Crippen LogP contribution < -0.4 is 5.32 Å². The van der Waals surface area contributed by atoms with Crippen molar-refractivity contribution in [1.29, 1.82) is 0 Å². The van der Waals surface area contributed by atoms with Crippen LogP contribution in [-0.2, 0) is 13.1 Å². The molecule has 1 amide bonds. The Morgan fingerprint density at radius 1 is 0.784 bits per heavy atom. The zero-order valence-electron chi connectivity index (χ0n) is 21.0. The highest BCUT2D eigenvalue weighted by Gasteiger charge is 2.11. The Hall–Kier alpha value is -4.64. The monoisotopic (exact) mass is 490 g/mol. The third-order valence-electron chi connectivity index (χ3n) is 6.13. The first-order valence-electron chi connectivity index (χ1n) is 12.4. The SMILES string of the molecule is CC.O=C(O)c1ccc(-c2ccccc2Cn2ccc3cc(C(=O)NCc4ccccc4)ccc32)cc1. The van der Waals surface area contributed by atoms with Crippen molar-refractivity contribution >= 4 is 22.8 Å². The number of carbonyl (C=O) groups excluding carboxylic acids is 1. The largest absolute Gasteiger partial charge is 0.478 e. The number of nitrogens with zero attached hydrogens (tertiary/aromatic N) is 1. The molecule has 5 rings (SSSR count). The molecule has 1 aromatic heterocycles. The van der Waals surface area contributed by atoms with Crippen LogP contribution in [0.15, 0.2) is 109 Å². The van der Waals surface area contributed by atoms with Gasteiger partial charge in [-0.05, 0) is 58.7 Å². The lowest BCUT2D eigenvalue weighted by Gasteiger charge is -2.12. The van der Waals surface area contributed by atoms with Crippen LogP contribution in [0.4, 0.5) is 0 Å². The minimum absolute atomic E-state index is 0.0985. The van der Waals surface area contributed by atoms with E-state index < -0.39 is 5.97 Å². The van der Waals surface area contributed by atoms with Crippen molar-refractivity contribution in [3.05, 3.63) is 132 Å². The molecule has 5 heteroatoms. The number of nitrogens with one attached hydrogen (secondary N) is 1. The molecule has 1 heterocycles. The van der Waals surface area contributed by atoms with E-state index in [0.717, 1.165) is 33.2 Å². The first kappa shape index (κ1) is 25.5. The molecule has 0 unspecified atom stereocenters. The Bertz CT molecular complexity index is 1500. The molecule has 0 atom stereocenters. The second-order valence-electron chi connectivity index (χ2n) is 8.43. The van der Waals surface area contributed by atoms with Crippen LogP contribution in [-0.4, -0.2) is 21.6 Å². The van der Waals surface area contributed by atoms with E-state index >= 15 is 0 Å². The predicted octanol–water partition coefficient (Wildman–Crippen LogP) is 7.01. The summed E-state index contributed by atoms with van der Waals surface area (Å²) < 4.78 is 2.16. The highest BCUT2D eigenvalue weighted by Crippen LogP contribution is 2.27. The topological polar surface area (TPSA) is 71.3 Å². The Morgan fingerprint density at radius 2 is 1.46 bits per heavy atom. The number of aromatic carboxylic acids is 1. The van der Waals surface area contributed by atoms with E-state index in [0.29, 0.717) is 18.7 Å². The molecule has 0 radical (unpaired) electrons. The number of rotatable bonds is 7. The molecule has 37 heavy (non-hydrogen) atoms. The van der Waals surface area contributed by atoms with Crippen LogP contribution in [0.1, 0.15) is 45.7 Å². The fourth-order valence-electron chi connectivity index (χ4n) is 4.28. The summed E-state index contributed by atoms with van der Waals surface area (Å²) in [7, 11) is 0. The Kier molecular flexibility index (Phi) is 8.16. The van der Waals surface area contributed by atoms with Crippen molar-refractivity contribution < 1.29 is 14.7 Å². The molecule has 0 aliphatic carbocycles. The van der Waals surface area contributed by atoms with Gasteiger partial charge in [0.05, 0.1) is 5.56 Å². The molecule has 0 saturated heterocycles. The standard InChI is InChI=1S/C30H24N2O3.C2H6/c33-29(31-19-21-6-2-1-3-7-21)25-14-15-28-24(18-25)16-17-32(28)20-26-8-4-5-9-27(26)22-10-12-23(13-11-22)30(34)35;1-2/h1-18H,19-20H2,(H,31,33)(H,34,35);1-2H3. The second-order valence-corrected chi connectivity index (χ2v) is 8.43. The third kappa shape index (κ3) is 5.96. The van der Waals surface area contributed by atoms with E-state index in [1.165, 1.54) is 0 Å². The van der Waals surface area contributed by atoms with E-state index in [2.05, 4.69) is 16.0 Å². The van der Waals surface area contributed by atoms with E-state index in [1.807, 2.05) is 105 Å². The summed E-state index contributed by atoms with van der Waals surface area (Å²) in [5, 5.41) is 13.2. The highest BCUT2D eigenvalue weighted by molar-refractivity contribution is 5.98. The molecule has 0 aliphatic heterocycles. The van der Waals surface area contributed by atoms with Crippen molar-refractivity contribution in [2.75, 3.05) is 0 Å². The van der Waals surface area contributed by atoms with Gasteiger partial charge in [0, 0.05) is 35.8 Å². The van der Waals surface area contributed by atoms with Gasteiger partial charge in [-0.2, -0.15) is 0 Å². The molecule has 0 fully saturated rings. The zero-order chi connectivity index (χ0) is 26.2. The number of aromatic nitrogens is 1. The van der Waals surface area contributed by atoms with Crippen molar-refractivity contribution in [3.8, 4) is 11.1 Å². The average molecular weight is 491 g/mol. The van der Waals surface area contributed by atoms with Crippen LogP contribution in [0.2, 0.25) is 0 Å².